The van der Waals surface area contributed by atoms with Gasteiger partial charge in [-0.2, -0.15) is 4.55 Å². The van der Waals surface area contributed by atoms with Crippen molar-refractivity contribution in [1.82, 2.24) is 5.16 Å². The Hall–Kier alpha value is -1.66. The average Bonchev–Trinajstić information content (AvgIpc) is 2.74. The zero-order chi connectivity index (χ0) is 16.7. The highest BCUT2D eigenvalue weighted by Crippen LogP contribution is 2.35. The summed E-state index contributed by atoms with van der Waals surface area (Å²) in [5.74, 6) is 1.31. The second-order valence-corrected chi connectivity index (χ2v) is 7.54. The Morgan fingerprint density at radius 3 is 2.36 bits per heavy atom. The van der Waals surface area contributed by atoms with Gasteiger partial charge in [0.1, 0.15) is 11.5 Å². The van der Waals surface area contributed by atoms with Crippen molar-refractivity contribution in [1.29, 1.82) is 0 Å². The van der Waals surface area contributed by atoms with Gasteiger partial charge < -0.3 is 9.26 Å². The summed E-state index contributed by atoms with van der Waals surface area (Å²) in [6, 6.07) is 1.81. The first kappa shape index (κ1) is 16.7. The van der Waals surface area contributed by atoms with Crippen LogP contribution in [-0.2, 0) is 20.2 Å². The maximum absolute atomic E-state index is 13.0. The smallest absolute Gasteiger partial charge is 0.253 e. The first-order valence-electron chi connectivity index (χ1n) is 7.00. The Morgan fingerprint density at radius 2 is 1.86 bits per heavy atom. The lowest BCUT2D eigenvalue weighted by Gasteiger charge is -2.15. The van der Waals surface area contributed by atoms with Crippen LogP contribution in [0.2, 0.25) is 0 Å². The van der Waals surface area contributed by atoms with Gasteiger partial charge in [-0.15, -0.1) is 0 Å². The largest absolute Gasteiger partial charge is 0.496 e. The molecule has 5 nitrogen and oxygen atoms in total. The number of hydrogen-bond acceptors (Lipinski definition) is 4. The van der Waals surface area contributed by atoms with Crippen molar-refractivity contribution >= 4 is 10.2 Å². The zero-order valence-electron chi connectivity index (χ0n) is 13.8. The molecule has 6 heteroatoms. The second kappa shape index (κ2) is 5.85. The van der Waals surface area contributed by atoms with E-state index in [1.807, 2.05) is 20.8 Å². The Kier molecular flexibility index (Phi) is 4.44. The van der Waals surface area contributed by atoms with Crippen LogP contribution < -0.4 is 4.74 Å². The monoisotopic (exact) mass is 324 g/mol. The lowest BCUT2D eigenvalue weighted by molar-refractivity contribution is 0.392. The molecule has 0 aliphatic carbocycles. The van der Waals surface area contributed by atoms with Crippen LogP contribution in [0.4, 0.5) is 0 Å². The summed E-state index contributed by atoms with van der Waals surface area (Å²) in [5.41, 5.74) is 3.76. The molecule has 0 saturated carbocycles. The van der Waals surface area contributed by atoms with Crippen LogP contribution in [0.1, 0.15) is 33.7 Å². The number of rotatable bonds is 4. The molecule has 0 spiro atoms. The summed E-state index contributed by atoms with van der Waals surface area (Å²) < 4.78 is 34.1. The van der Waals surface area contributed by atoms with Gasteiger partial charge in [0.25, 0.3) is 10.2 Å². The third-order valence-corrected chi connectivity index (χ3v) is 5.98. The Bertz CT molecular complexity index is 744. The van der Waals surface area contributed by atoms with Crippen LogP contribution in [0.5, 0.6) is 5.75 Å². The fraction of sp³-hybridized carbons (Fsp3) is 0.438. The van der Waals surface area contributed by atoms with Crippen molar-refractivity contribution in [2.75, 3.05) is 7.11 Å². The lowest BCUT2D eigenvalue weighted by Crippen LogP contribution is -2.17. The first-order valence-corrected chi connectivity index (χ1v) is 8.68. The van der Waals surface area contributed by atoms with E-state index in [0.29, 0.717) is 21.9 Å². The van der Waals surface area contributed by atoms with Gasteiger partial charge in [0.2, 0.25) is 0 Å². The molecule has 1 aromatic carbocycles. The maximum atomic E-state index is 13.0. The van der Waals surface area contributed by atoms with Gasteiger partial charge in [-0.3, -0.25) is 0 Å². The Morgan fingerprint density at radius 1 is 1.23 bits per heavy atom. The molecule has 0 fully saturated rings. The van der Waals surface area contributed by atoms with E-state index in [2.05, 4.69) is 5.16 Å². The highest BCUT2D eigenvalue weighted by atomic mass is 32.3. The Balaban J connectivity index is 2.55. The van der Waals surface area contributed by atoms with Crippen LogP contribution >= 0.6 is 0 Å². The van der Waals surface area contributed by atoms with Crippen molar-refractivity contribution in [3.05, 3.63) is 39.8 Å². The summed E-state index contributed by atoms with van der Waals surface area (Å²) in [4.78, 5) is 0.478. The predicted octanol–water partition coefficient (Wildman–Crippen LogP) is 3.76. The van der Waals surface area contributed by atoms with E-state index in [4.69, 9.17) is 9.26 Å². The highest BCUT2D eigenvalue weighted by Gasteiger charge is 2.37. The summed E-state index contributed by atoms with van der Waals surface area (Å²) >= 11 is 0. The highest BCUT2D eigenvalue weighted by molar-refractivity contribution is 7.97. The normalized spacial score (nSPS) is 14.0. The number of methoxy groups -OCH3 is 1. The van der Waals surface area contributed by atoms with E-state index in [0.717, 1.165) is 22.4 Å². The lowest BCUT2D eigenvalue weighted by atomic mass is 10.1. The molecule has 0 amide bonds. The number of aryl methyl sites for hydroxylation is 3. The van der Waals surface area contributed by atoms with Gasteiger partial charge in [-0.1, -0.05) is 9.37 Å². The van der Waals surface area contributed by atoms with E-state index in [1.54, 1.807) is 27.0 Å². The summed E-state index contributed by atoms with van der Waals surface area (Å²) in [7, 11) is -1.64. The molecule has 1 atom stereocenters. The molecule has 0 radical (unpaired) electrons. The minimum atomic E-state index is -3.24. The standard InChI is InChI=1S/C16H21NO4S/c1-9-7-15(20-6)10(2)11(3)16(9)22(18,19)8-14-12(4)17-21-13(14)5/h7H,8H2,1-6H3/p+1. The Labute approximate surface area is 131 Å². The molecule has 120 valence electrons. The molecule has 0 saturated heterocycles. The van der Waals surface area contributed by atoms with E-state index in [9.17, 15) is 8.76 Å². The van der Waals surface area contributed by atoms with Crippen LogP contribution in [0.3, 0.4) is 0 Å². The van der Waals surface area contributed by atoms with Crippen LogP contribution in [0.25, 0.3) is 0 Å². The van der Waals surface area contributed by atoms with Gasteiger partial charge >= 0.3 is 0 Å². The number of aromatic nitrogens is 1. The molecule has 1 unspecified atom stereocenters. The third kappa shape index (κ3) is 2.80. The quantitative estimate of drug-likeness (QED) is 0.867. The van der Waals surface area contributed by atoms with Gasteiger partial charge in [0, 0.05) is 11.1 Å². The van der Waals surface area contributed by atoms with Gasteiger partial charge in [-0.25, -0.2) is 0 Å². The topological polar surface area (TPSA) is 72.6 Å². The molecule has 1 heterocycles. The molecule has 0 bridgehead atoms. The minimum absolute atomic E-state index is 0.00160. The first-order chi connectivity index (χ1) is 10.2. The number of benzene rings is 1. The van der Waals surface area contributed by atoms with Crippen LogP contribution in [-0.4, -0.2) is 16.8 Å². The fourth-order valence-electron chi connectivity index (χ4n) is 2.70. The van der Waals surface area contributed by atoms with Crippen molar-refractivity contribution in [2.24, 2.45) is 0 Å². The van der Waals surface area contributed by atoms with Crippen molar-refractivity contribution in [3.63, 3.8) is 0 Å². The molecule has 2 rings (SSSR count). The minimum Gasteiger partial charge on any atom is -0.496 e. The average molecular weight is 324 g/mol. The summed E-state index contributed by atoms with van der Waals surface area (Å²) in [6.45, 7) is 9.10. The van der Waals surface area contributed by atoms with Crippen LogP contribution in [0.15, 0.2) is 15.5 Å². The molecule has 1 N–H and O–H groups in total. The number of hydrogen-bond donors (Lipinski definition) is 1. The fourth-order valence-corrected chi connectivity index (χ4v) is 4.84. The van der Waals surface area contributed by atoms with E-state index in [1.165, 1.54) is 0 Å². The zero-order valence-corrected chi connectivity index (χ0v) is 14.6. The maximum Gasteiger partial charge on any atom is 0.253 e. The molecule has 0 aliphatic rings. The van der Waals surface area contributed by atoms with Gasteiger partial charge in [0.05, 0.1) is 18.4 Å². The van der Waals surface area contributed by atoms with Crippen molar-refractivity contribution < 1.29 is 18.0 Å². The van der Waals surface area contributed by atoms with Crippen molar-refractivity contribution in [3.8, 4) is 5.75 Å². The second-order valence-electron chi connectivity index (χ2n) is 5.56. The number of nitrogens with zero attached hydrogens (tertiary/aromatic N) is 1. The summed E-state index contributed by atoms with van der Waals surface area (Å²) in [5, 5.41) is 3.85. The van der Waals surface area contributed by atoms with Gasteiger partial charge in [0.15, 0.2) is 10.6 Å². The number of ether oxygens (including phenoxy) is 1. The SMILES string of the molecule is COc1cc(C)c([S+](=O)(O)Cc2c(C)noc2C)c(C)c1C. The molecular formula is C16H22NO4S+. The summed E-state index contributed by atoms with van der Waals surface area (Å²) in [6.07, 6.45) is 0. The molecule has 0 aliphatic heterocycles. The van der Waals surface area contributed by atoms with Gasteiger partial charge in [-0.05, 0) is 46.2 Å². The molecule has 22 heavy (non-hydrogen) atoms. The molecule has 1 aromatic heterocycles. The van der Waals surface area contributed by atoms with E-state index < -0.39 is 10.2 Å². The molecule has 2 aromatic rings. The molecular weight excluding hydrogens is 302 g/mol. The van der Waals surface area contributed by atoms with E-state index >= 15 is 0 Å². The van der Waals surface area contributed by atoms with Crippen LogP contribution in [0, 0.1) is 34.6 Å². The van der Waals surface area contributed by atoms with Crippen molar-refractivity contribution in [2.45, 2.75) is 45.3 Å². The third-order valence-electron chi connectivity index (χ3n) is 4.04. The van der Waals surface area contributed by atoms with E-state index in [-0.39, 0.29) is 5.75 Å². The predicted molar refractivity (Wildman–Crippen MR) is 85.8 cm³/mol.